The highest BCUT2D eigenvalue weighted by Crippen LogP contribution is 2.18. The highest BCUT2D eigenvalue weighted by molar-refractivity contribution is 5.37. The first-order valence-electron chi connectivity index (χ1n) is 9.40. The zero-order chi connectivity index (χ0) is 16.6. The molecule has 0 N–H and O–H groups in total. The zero-order valence-corrected chi connectivity index (χ0v) is 15.0. The first-order valence-corrected chi connectivity index (χ1v) is 9.40. The molecule has 0 bridgehead atoms. The lowest BCUT2D eigenvalue weighted by atomic mass is 9.98. The van der Waals surface area contributed by atoms with E-state index < -0.39 is 0 Å². The molecular weight excluding hydrogens is 296 g/mol. The third kappa shape index (κ3) is 5.63. The zero-order valence-electron chi connectivity index (χ0n) is 15.0. The lowest BCUT2D eigenvalue weighted by Crippen LogP contribution is -2.36. The van der Waals surface area contributed by atoms with Crippen molar-refractivity contribution in [3.63, 3.8) is 0 Å². The molecule has 0 amide bonds. The van der Waals surface area contributed by atoms with Crippen LogP contribution >= 0.6 is 0 Å². The molecule has 3 nitrogen and oxygen atoms in total. The Kier molecular flexibility index (Phi) is 6.72. The molecule has 0 unspecified atom stereocenters. The fourth-order valence-corrected chi connectivity index (χ4v) is 3.43. The number of hydrogen-bond donors (Lipinski definition) is 0. The van der Waals surface area contributed by atoms with Gasteiger partial charge in [0.15, 0.2) is 0 Å². The molecule has 0 spiro atoms. The molecule has 0 atom stereocenters. The van der Waals surface area contributed by atoms with E-state index in [2.05, 4.69) is 52.8 Å². The van der Waals surface area contributed by atoms with Crippen molar-refractivity contribution in [3.05, 3.63) is 35.4 Å². The van der Waals surface area contributed by atoms with Crippen LogP contribution in [-0.2, 0) is 11.3 Å². The van der Waals surface area contributed by atoms with Crippen LogP contribution in [0.15, 0.2) is 24.3 Å². The molecule has 24 heavy (non-hydrogen) atoms. The summed E-state index contributed by atoms with van der Waals surface area (Å²) in [5.74, 6) is 7.58. The lowest BCUT2D eigenvalue weighted by Gasteiger charge is -2.30. The SMILES string of the molecule is CC1CCN(Cc2cccc(C#CCCN3CCOCC3)c2)CC1. The third-order valence-electron chi connectivity index (χ3n) is 5.10. The number of morpholine rings is 1. The molecule has 130 valence electrons. The van der Waals surface area contributed by atoms with Crippen molar-refractivity contribution in [2.24, 2.45) is 5.92 Å². The Morgan fingerprint density at radius 2 is 1.88 bits per heavy atom. The molecule has 1 aromatic carbocycles. The summed E-state index contributed by atoms with van der Waals surface area (Å²) >= 11 is 0. The predicted octanol–water partition coefficient (Wildman–Crippen LogP) is 2.99. The number of nitrogens with zero attached hydrogens (tertiary/aromatic N) is 2. The molecule has 1 aromatic rings. The largest absolute Gasteiger partial charge is 0.379 e. The number of ether oxygens (including phenoxy) is 1. The Bertz CT molecular complexity index is 561. The molecule has 2 aliphatic rings. The van der Waals surface area contributed by atoms with Crippen molar-refractivity contribution in [1.82, 2.24) is 9.80 Å². The first-order chi connectivity index (χ1) is 11.8. The quantitative estimate of drug-likeness (QED) is 0.791. The van der Waals surface area contributed by atoms with E-state index in [1.807, 2.05) is 0 Å². The molecule has 0 saturated carbocycles. The number of rotatable bonds is 4. The van der Waals surface area contributed by atoms with Gasteiger partial charge in [0, 0.05) is 38.2 Å². The van der Waals surface area contributed by atoms with Crippen molar-refractivity contribution in [3.8, 4) is 11.8 Å². The van der Waals surface area contributed by atoms with Gasteiger partial charge in [0.1, 0.15) is 0 Å². The standard InChI is InChI=1S/C21H30N2O/c1-19-8-11-23(12-9-19)18-21-7-4-6-20(17-21)5-2-3-10-22-13-15-24-16-14-22/h4,6-7,17,19H,3,8-16,18H2,1H3. The van der Waals surface area contributed by atoms with Crippen molar-refractivity contribution in [2.75, 3.05) is 45.9 Å². The molecule has 3 rings (SSSR count). The Hall–Kier alpha value is -1.34. The maximum absolute atomic E-state index is 5.37. The summed E-state index contributed by atoms with van der Waals surface area (Å²) in [6, 6.07) is 8.77. The third-order valence-corrected chi connectivity index (χ3v) is 5.10. The van der Waals surface area contributed by atoms with Crippen molar-refractivity contribution < 1.29 is 4.74 Å². The number of benzene rings is 1. The van der Waals surface area contributed by atoms with E-state index in [-0.39, 0.29) is 0 Å². The summed E-state index contributed by atoms with van der Waals surface area (Å²) < 4.78 is 5.37. The van der Waals surface area contributed by atoms with Crippen LogP contribution in [0, 0.1) is 17.8 Å². The molecule has 0 aliphatic carbocycles. The van der Waals surface area contributed by atoms with E-state index in [4.69, 9.17) is 4.74 Å². The van der Waals surface area contributed by atoms with Crippen LogP contribution in [0.25, 0.3) is 0 Å². The normalized spacial score (nSPS) is 20.5. The van der Waals surface area contributed by atoms with Gasteiger partial charge in [0.25, 0.3) is 0 Å². The summed E-state index contributed by atoms with van der Waals surface area (Å²) in [7, 11) is 0. The van der Waals surface area contributed by atoms with Crippen LogP contribution in [-0.4, -0.2) is 55.7 Å². The maximum atomic E-state index is 5.37. The average Bonchev–Trinajstić information content (AvgIpc) is 2.62. The van der Waals surface area contributed by atoms with Crippen LogP contribution in [0.2, 0.25) is 0 Å². The Morgan fingerprint density at radius 1 is 1.08 bits per heavy atom. The van der Waals surface area contributed by atoms with Crippen molar-refractivity contribution in [1.29, 1.82) is 0 Å². The summed E-state index contributed by atoms with van der Waals surface area (Å²) in [4.78, 5) is 5.01. The minimum absolute atomic E-state index is 0.866. The van der Waals surface area contributed by atoms with E-state index in [0.717, 1.165) is 57.3 Å². The first kappa shape index (κ1) is 17.5. The van der Waals surface area contributed by atoms with Gasteiger partial charge < -0.3 is 4.74 Å². The molecule has 2 aliphatic heterocycles. The van der Waals surface area contributed by atoms with Gasteiger partial charge in [-0.15, -0.1) is 0 Å². The van der Waals surface area contributed by atoms with Gasteiger partial charge in [-0.1, -0.05) is 30.9 Å². The van der Waals surface area contributed by atoms with Gasteiger partial charge in [-0.3, -0.25) is 9.80 Å². The highest BCUT2D eigenvalue weighted by atomic mass is 16.5. The van der Waals surface area contributed by atoms with E-state index in [1.165, 1.54) is 31.5 Å². The molecule has 0 radical (unpaired) electrons. The lowest BCUT2D eigenvalue weighted by molar-refractivity contribution is 0.0390. The maximum Gasteiger partial charge on any atom is 0.0594 e. The van der Waals surface area contributed by atoms with E-state index >= 15 is 0 Å². The Labute approximate surface area is 147 Å². The number of piperidine rings is 1. The molecular formula is C21H30N2O. The molecule has 2 fully saturated rings. The summed E-state index contributed by atoms with van der Waals surface area (Å²) in [5.41, 5.74) is 2.55. The minimum Gasteiger partial charge on any atom is -0.379 e. The van der Waals surface area contributed by atoms with Gasteiger partial charge >= 0.3 is 0 Å². The topological polar surface area (TPSA) is 15.7 Å². The summed E-state index contributed by atoms with van der Waals surface area (Å²) in [5, 5.41) is 0. The van der Waals surface area contributed by atoms with Crippen LogP contribution < -0.4 is 0 Å². The highest BCUT2D eigenvalue weighted by Gasteiger charge is 2.15. The van der Waals surface area contributed by atoms with Crippen LogP contribution in [0.4, 0.5) is 0 Å². The van der Waals surface area contributed by atoms with Gasteiger partial charge in [0.05, 0.1) is 13.2 Å². The fraction of sp³-hybridized carbons (Fsp3) is 0.619. The smallest absolute Gasteiger partial charge is 0.0594 e. The van der Waals surface area contributed by atoms with Crippen molar-refractivity contribution in [2.45, 2.75) is 32.7 Å². The van der Waals surface area contributed by atoms with Gasteiger partial charge in [-0.2, -0.15) is 0 Å². The second kappa shape index (κ2) is 9.22. The monoisotopic (exact) mass is 326 g/mol. The number of hydrogen-bond acceptors (Lipinski definition) is 3. The summed E-state index contributed by atoms with van der Waals surface area (Å²) in [6.07, 6.45) is 3.61. The Morgan fingerprint density at radius 3 is 2.67 bits per heavy atom. The average molecular weight is 326 g/mol. The van der Waals surface area contributed by atoms with Crippen LogP contribution in [0.5, 0.6) is 0 Å². The van der Waals surface area contributed by atoms with Crippen LogP contribution in [0.1, 0.15) is 37.3 Å². The minimum atomic E-state index is 0.866. The molecule has 0 aromatic heterocycles. The second-order valence-corrected chi connectivity index (χ2v) is 7.16. The predicted molar refractivity (Wildman–Crippen MR) is 98.9 cm³/mol. The number of likely N-dealkylation sites (tertiary alicyclic amines) is 1. The van der Waals surface area contributed by atoms with E-state index in [1.54, 1.807) is 0 Å². The molecule has 2 heterocycles. The van der Waals surface area contributed by atoms with Crippen molar-refractivity contribution >= 4 is 0 Å². The van der Waals surface area contributed by atoms with Gasteiger partial charge in [-0.05, 0) is 49.5 Å². The Balaban J connectivity index is 1.47. The van der Waals surface area contributed by atoms with Crippen LogP contribution in [0.3, 0.4) is 0 Å². The van der Waals surface area contributed by atoms with Gasteiger partial charge in [0.2, 0.25) is 0 Å². The summed E-state index contributed by atoms with van der Waals surface area (Å²) in [6.45, 7) is 10.8. The molecule has 3 heteroatoms. The molecule has 2 saturated heterocycles. The van der Waals surface area contributed by atoms with Gasteiger partial charge in [-0.25, -0.2) is 0 Å². The fourth-order valence-electron chi connectivity index (χ4n) is 3.43. The van der Waals surface area contributed by atoms with E-state index in [0.29, 0.717) is 0 Å². The van der Waals surface area contributed by atoms with E-state index in [9.17, 15) is 0 Å². The second-order valence-electron chi connectivity index (χ2n) is 7.16.